The van der Waals surface area contributed by atoms with Crippen LogP contribution in [0, 0.1) is 11.3 Å². The zero-order valence-electron chi connectivity index (χ0n) is 11.5. The van der Waals surface area contributed by atoms with Crippen LogP contribution in [0.3, 0.4) is 0 Å². The lowest BCUT2D eigenvalue weighted by atomic mass is 9.74. The topological polar surface area (TPSA) is 17.1 Å². The third-order valence-electron chi connectivity index (χ3n) is 4.23. The highest BCUT2D eigenvalue weighted by atomic mass is 19.1. The SMILES string of the molecule is CCC(CC)(CC)C(=O)CCC(C)C(C)F. The fourth-order valence-electron chi connectivity index (χ4n) is 2.20. The molecule has 0 heterocycles. The molecule has 0 bridgehead atoms. The molecule has 0 spiro atoms. The number of carbonyl (C=O) groups excluding carboxylic acids is 1. The van der Waals surface area contributed by atoms with Gasteiger partial charge in [-0.1, -0.05) is 27.7 Å². The van der Waals surface area contributed by atoms with Crippen LogP contribution in [0.5, 0.6) is 0 Å². The summed E-state index contributed by atoms with van der Waals surface area (Å²) in [6, 6.07) is 0. The van der Waals surface area contributed by atoms with Crippen LogP contribution in [0.4, 0.5) is 4.39 Å². The van der Waals surface area contributed by atoms with Crippen molar-refractivity contribution >= 4 is 5.78 Å². The quantitative estimate of drug-likeness (QED) is 0.598. The monoisotopic (exact) mass is 230 g/mol. The van der Waals surface area contributed by atoms with Crippen molar-refractivity contribution in [2.75, 3.05) is 0 Å². The van der Waals surface area contributed by atoms with Crippen LogP contribution in [0.1, 0.15) is 66.7 Å². The molecule has 0 saturated carbocycles. The van der Waals surface area contributed by atoms with E-state index >= 15 is 0 Å². The molecule has 0 saturated heterocycles. The van der Waals surface area contributed by atoms with Crippen molar-refractivity contribution in [3.8, 4) is 0 Å². The van der Waals surface area contributed by atoms with Crippen LogP contribution in [0.25, 0.3) is 0 Å². The highest BCUT2D eigenvalue weighted by Crippen LogP contribution is 2.33. The lowest BCUT2D eigenvalue weighted by Gasteiger charge is -2.29. The predicted octanol–water partition coefficient (Wildman–Crippen LogP) is 4.55. The number of alkyl halides is 1. The Balaban J connectivity index is 4.33. The summed E-state index contributed by atoms with van der Waals surface area (Å²) in [6.45, 7) is 9.68. The lowest BCUT2D eigenvalue weighted by Crippen LogP contribution is -2.29. The van der Waals surface area contributed by atoms with Gasteiger partial charge in [0.1, 0.15) is 5.78 Å². The van der Waals surface area contributed by atoms with Gasteiger partial charge in [0.15, 0.2) is 0 Å². The Morgan fingerprint density at radius 3 is 1.88 bits per heavy atom. The van der Waals surface area contributed by atoms with Crippen molar-refractivity contribution in [3.63, 3.8) is 0 Å². The van der Waals surface area contributed by atoms with Gasteiger partial charge in [-0.25, -0.2) is 4.39 Å². The second-order valence-corrected chi connectivity index (χ2v) is 4.96. The van der Waals surface area contributed by atoms with Crippen LogP contribution in [0.2, 0.25) is 0 Å². The van der Waals surface area contributed by atoms with Crippen molar-refractivity contribution in [1.29, 1.82) is 0 Å². The minimum absolute atomic E-state index is 0.00721. The summed E-state index contributed by atoms with van der Waals surface area (Å²) in [5.41, 5.74) is -0.154. The summed E-state index contributed by atoms with van der Waals surface area (Å²) in [4.78, 5) is 12.2. The van der Waals surface area contributed by atoms with E-state index < -0.39 is 6.17 Å². The average molecular weight is 230 g/mol. The van der Waals surface area contributed by atoms with E-state index in [1.165, 1.54) is 0 Å². The summed E-state index contributed by atoms with van der Waals surface area (Å²) in [5.74, 6) is 0.319. The highest BCUT2D eigenvalue weighted by Gasteiger charge is 2.32. The van der Waals surface area contributed by atoms with Crippen molar-refractivity contribution < 1.29 is 9.18 Å². The number of rotatable bonds is 8. The van der Waals surface area contributed by atoms with E-state index in [9.17, 15) is 9.18 Å². The van der Waals surface area contributed by atoms with Gasteiger partial charge in [0.2, 0.25) is 0 Å². The first-order chi connectivity index (χ1) is 7.43. The zero-order chi connectivity index (χ0) is 12.8. The fourth-order valence-corrected chi connectivity index (χ4v) is 2.20. The zero-order valence-corrected chi connectivity index (χ0v) is 11.5. The van der Waals surface area contributed by atoms with Crippen molar-refractivity contribution in [2.24, 2.45) is 11.3 Å². The second kappa shape index (κ2) is 7.03. The molecule has 2 unspecified atom stereocenters. The lowest BCUT2D eigenvalue weighted by molar-refractivity contribution is -0.129. The van der Waals surface area contributed by atoms with Gasteiger partial charge >= 0.3 is 0 Å². The summed E-state index contributed by atoms with van der Waals surface area (Å²) in [7, 11) is 0. The summed E-state index contributed by atoms with van der Waals surface area (Å²) in [5, 5.41) is 0. The Kier molecular flexibility index (Phi) is 6.85. The molecule has 0 amide bonds. The van der Waals surface area contributed by atoms with Gasteiger partial charge in [-0.2, -0.15) is 0 Å². The van der Waals surface area contributed by atoms with E-state index in [1.54, 1.807) is 6.92 Å². The van der Waals surface area contributed by atoms with Gasteiger partial charge in [0.25, 0.3) is 0 Å². The third kappa shape index (κ3) is 3.88. The van der Waals surface area contributed by atoms with Crippen molar-refractivity contribution in [3.05, 3.63) is 0 Å². The first-order valence-corrected chi connectivity index (χ1v) is 6.60. The van der Waals surface area contributed by atoms with Gasteiger partial charge in [-0.15, -0.1) is 0 Å². The fraction of sp³-hybridized carbons (Fsp3) is 0.929. The maximum Gasteiger partial charge on any atom is 0.139 e. The molecular weight excluding hydrogens is 203 g/mol. The van der Waals surface area contributed by atoms with Crippen LogP contribution in [-0.4, -0.2) is 12.0 Å². The minimum atomic E-state index is -0.813. The first kappa shape index (κ1) is 15.6. The Hall–Kier alpha value is -0.400. The summed E-state index contributed by atoms with van der Waals surface area (Å²) >= 11 is 0. The normalized spacial score (nSPS) is 15.9. The molecular formula is C14H27FO. The molecule has 0 aromatic heterocycles. The Morgan fingerprint density at radius 2 is 1.56 bits per heavy atom. The van der Waals surface area contributed by atoms with E-state index in [0.717, 1.165) is 19.3 Å². The van der Waals surface area contributed by atoms with Crippen molar-refractivity contribution in [2.45, 2.75) is 72.9 Å². The standard InChI is InChI=1S/C14H27FO/c1-6-14(7-2,8-3)13(16)10-9-11(4)12(5)15/h11-12H,6-10H2,1-5H3. The number of carbonyl (C=O) groups is 1. The summed E-state index contributed by atoms with van der Waals surface area (Å²) in [6.07, 6.45) is 3.10. The van der Waals surface area contributed by atoms with E-state index in [1.807, 2.05) is 6.92 Å². The molecule has 2 heteroatoms. The van der Waals surface area contributed by atoms with E-state index in [-0.39, 0.29) is 11.3 Å². The molecule has 16 heavy (non-hydrogen) atoms. The Labute approximate surface area is 99.8 Å². The smallest absolute Gasteiger partial charge is 0.139 e. The van der Waals surface area contributed by atoms with Gasteiger partial charge in [0.05, 0.1) is 6.17 Å². The highest BCUT2D eigenvalue weighted by molar-refractivity contribution is 5.84. The van der Waals surface area contributed by atoms with Gasteiger partial charge < -0.3 is 0 Å². The largest absolute Gasteiger partial charge is 0.299 e. The molecule has 96 valence electrons. The molecule has 0 rings (SSSR count). The molecule has 0 aliphatic carbocycles. The minimum Gasteiger partial charge on any atom is -0.299 e. The number of hydrogen-bond donors (Lipinski definition) is 0. The molecule has 0 N–H and O–H groups in total. The van der Waals surface area contributed by atoms with Gasteiger partial charge in [-0.05, 0) is 38.5 Å². The molecule has 0 aliphatic heterocycles. The number of Topliss-reactive ketones (excluding diaryl/α,β-unsaturated/α-hetero) is 1. The maximum absolute atomic E-state index is 13.0. The van der Waals surface area contributed by atoms with Crippen LogP contribution < -0.4 is 0 Å². The van der Waals surface area contributed by atoms with E-state index in [0.29, 0.717) is 18.6 Å². The van der Waals surface area contributed by atoms with Gasteiger partial charge in [0, 0.05) is 11.8 Å². The first-order valence-electron chi connectivity index (χ1n) is 6.60. The summed E-state index contributed by atoms with van der Waals surface area (Å²) < 4.78 is 13.0. The molecule has 2 atom stereocenters. The number of hydrogen-bond acceptors (Lipinski definition) is 1. The number of halogens is 1. The Bertz CT molecular complexity index is 199. The number of ketones is 1. The van der Waals surface area contributed by atoms with Crippen molar-refractivity contribution in [1.82, 2.24) is 0 Å². The average Bonchev–Trinajstić information content (AvgIpc) is 2.28. The molecule has 0 aliphatic rings. The molecule has 0 fully saturated rings. The second-order valence-electron chi connectivity index (χ2n) is 4.96. The van der Waals surface area contributed by atoms with Gasteiger partial charge in [-0.3, -0.25) is 4.79 Å². The predicted molar refractivity (Wildman–Crippen MR) is 67.3 cm³/mol. The van der Waals surface area contributed by atoms with Crippen LogP contribution in [0.15, 0.2) is 0 Å². The van der Waals surface area contributed by atoms with Crippen LogP contribution >= 0.6 is 0 Å². The molecule has 0 aromatic carbocycles. The van der Waals surface area contributed by atoms with E-state index in [2.05, 4.69) is 20.8 Å². The molecule has 0 radical (unpaired) electrons. The molecule has 1 nitrogen and oxygen atoms in total. The third-order valence-corrected chi connectivity index (χ3v) is 4.23. The van der Waals surface area contributed by atoms with Crippen LogP contribution in [-0.2, 0) is 4.79 Å². The maximum atomic E-state index is 13.0. The Morgan fingerprint density at radius 1 is 1.12 bits per heavy atom. The molecule has 0 aromatic rings. The van der Waals surface area contributed by atoms with E-state index in [4.69, 9.17) is 0 Å².